The van der Waals surface area contributed by atoms with Gasteiger partial charge in [0.25, 0.3) is 0 Å². The molecule has 5 heterocycles. The lowest BCUT2D eigenvalue weighted by molar-refractivity contribution is -0.141. The van der Waals surface area contributed by atoms with Crippen LogP contribution in [0.5, 0.6) is 0 Å². The molecule has 9 amide bonds. The molecule has 478 valence electrons. The molecule has 1 aromatic carbocycles. The molecular formula is C59H87ClN14O11S2. The first-order valence-electron chi connectivity index (χ1n) is 29.8. The normalized spacial score (nSPS) is 22.8. The van der Waals surface area contributed by atoms with Crippen molar-refractivity contribution in [1.29, 1.82) is 0 Å². The standard InChI is InChI=1S/C59H87ClN14O11S2/c1-7-34(6)49-56(83)69-45(50(61)77)30-86-28-37-10-8-11-38(66-37)29-87-31-46(54(81)73-59(17-20-85-21-18-59)57(84)71-44(23-33(4)5)53(80)72-49)70-52(79)43(22-32(2)3)68-51(78)42(12-9-19-64-58(62)63)67-55(82)47-25-39(75)27-74(47)48(76)16-13-35-26-65-41-15-14-36(60)24-40(35)41/h8,10-11,14-15,24,26,32-34,39,42-47,49,65,75H,7,9,12-13,16-23,25,27-31H2,1-6H3,(H2,61,77)(H,67,82)(H,68,78)(H,69,83)(H,70,79)(H,71,84)(H,72,80)(H,73,81)(H4,62,63,64)/t34-,39+,42-,43+,44-,45-,46-,47-,49-/m0/s1. The second kappa shape index (κ2) is 33.1. The van der Waals surface area contributed by atoms with Crippen molar-refractivity contribution in [2.24, 2.45) is 39.9 Å². The van der Waals surface area contributed by atoms with Crippen molar-refractivity contribution < 1.29 is 53.0 Å². The molecule has 3 aromatic rings. The molecule has 3 aliphatic heterocycles. The van der Waals surface area contributed by atoms with Gasteiger partial charge in [-0.25, -0.2) is 0 Å². The third-order valence-electron chi connectivity index (χ3n) is 15.6. The average molecular weight is 1270 g/mol. The fourth-order valence-electron chi connectivity index (χ4n) is 10.7. The Bertz CT molecular complexity index is 2940. The van der Waals surface area contributed by atoms with Gasteiger partial charge >= 0.3 is 0 Å². The minimum atomic E-state index is -1.65. The Balaban J connectivity index is 1.27. The number of halogens is 1. The molecule has 28 heteroatoms. The first kappa shape index (κ1) is 69.4. The summed E-state index contributed by atoms with van der Waals surface area (Å²) in [5, 5.41) is 32.1. The van der Waals surface area contributed by atoms with Gasteiger partial charge in [0.1, 0.15) is 47.8 Å². The molecule has 15 N–H and O–H groups in total. The second-order valence-electron chi connectivity index (χ2n) is 23.5. The summed E-state index contributed by atoms with van der Waals surface area (Å²) in [5.41, 5.74) is 18.3. The van der Waals surface area contributed by atoms with Crippen molar-refractivity contribution >= 4 is 105 Å². The van der Waals surface area contributed by atoms with Crippen LogP contribution >= 0.6 is 35.1 Å². The predicted molar refractivity (Wildman–Crippen MR) is 334 cm³/mol. The lowest BCUT2D eigenvalue weighted by Gasteiger charge is -2.39. The molecule has 0 aliphatic carbocycles. The molecule has 25 nitrogen and oxygen atoms in total. The summed E-state index contributed by atoms with van der Waals surface area (Å²) in [5.74, 6) is -6.36. The predicted octanol–water partition coefficient (Wildman–Crippen LogP) is 1.54. The maximum absolute atomic E-state index is 15.0. The number of carbonyl (C=O) groups is 9. The van der Waals surface area contributed by atoms with Crippen molar-refractivity contribution in [3.8, 4) is 0 Å². The Labute approximate surface area is 521 Å². The van der Waals surface area contributed by atoms with Crippen LogP contribution in [0.2, 0.25) is 5.02 Å². The van der Waals surface area contributed by atoms with Gasteiger partial charge in [-0.05, 0) is 85.8 Å². The molecule has 9 atom stereocenters. The number of benzene rings is 1. The van der Waals surface area contributed by atoms with E-state index in [0.29, 0.717) is 35.0 Å². The number of aromatic amines is 1. The molecule has 2 bridgehead atoms. The van der Waals surface area contributed by atoms with E-state index in [1.807, 2.05) is 46.8 Å². The first-order chi connectivity index (χ1) is 41.4. The summed E-state index contributed by atoms with van der Waals surface area (Å²) in [6.45, 7) is 11.1. The van der Waals surface area contributed by atoms with Gasteiger partial charge in [0, 0.05) is 97.1 Å². The third-order valence-corrected chi connectivity index (χ3v) is 18.0. The maximum Gasteiger partial charge on any atom is 0.246 e. The van der Waals surface area contributed by atoms with Gasteiger partial charge in [0.15, 0.2) is 5.96 Å². The number of nitrogens with one attached hydrogen (secondary N) is 8. The van der Waals surface area contributed by atoms with Crippen LogP contribution in [-0.4, -0.2) is 171 Å². The summed E-state index contributed by atoms with van der Waals surface area (Å²) in [6, 6.07) is 2.35. The summed E-state index contributed by atoms with van der Waals surface area (Å²) in [7, 11) is 0. The Morgan fingerprint density at radius 3 is 2.24 bits per heavy atom. The number of aliphatic hydroxyl groups is 1. The van der Waals surface area contributed by atoms with Gasteiger partial charge in [-0.1, -0.05) is 65.6 Å². The number of H-pyrrole nitrogens is 1. The minimum absolute atomic E-state index is 0.00766. The minimum Gasteiger partial charge on any atom is -0.391 e. The molecule has 1 spiro atoms. The van der Waals surface area contributed by atoms with E-state index in [1.54, 1.807) is 37.4 Å². The number of aryl methyl sites for hydroxylation is 1. The number of hydrogen-bond acceptors (Lipinski definition) is 15. The van der Waals surface area contributed by atoms with Crippen molar-refractivity contribution in [3.05, 3.63) is 64.6 Å². The lowest BCUT2D eigenvalue weighted by Crippen LogP contribution is -2.67. The number of aromatic nitrogens is 2. The number of nitrogens with zero attached hydrogens (tertiary/aromatic N) is 3. The number of rotatable bonds is 20. The number of amides is 9. The highest BCUT2D eigenvalue weighted by Crippen LogP contribution is 2.27. The van der Waals surface area contributed by atoms with Crippen molar-refractivity contribution in [3.63, 3.8) is 0 Å². The van der Waals surface area contributed by atoms with Gasteiger partial charge in [-0.15, -0.1) is 0 Å². The van der Waals surface area contributed by atoms with Crippen LogP contribution in [-0.2, 0) is 65.8 Å². The van der Waals surface area contributed by atoms with E-state index < -0.39 is 107 Å². The van der Waals surface area contributed by atoms with E-state index in [1.165, 1.54) is 28.4 Å². The average Bonchev–Trinajstić information content (AvgIpc) is 3.08. The van der Waals surface area contributed by atoms with Crippen molar-refractivity contribution in [2.75, 3.05) is 37.8 Å². The molecule has 3 aliphatic rings. The highest BCUT2D eigenvalue weighted by molar-refractivity contribution is 7.98. The third kappa shape index (κ3) is 20.4. The van der Waals surface area contributed by atoms with Gasteiger partial charge in [0.05, 0.1) is 17.5 Å². The van der Waals surface area contributed by atoms with Gasteiger partial charge in [-0.2, -0.15) is 23.5 Å². The SMILES string of the molecule is CC[C@H](C)[C@@H]1NC(=O)[C@H](CC(C)C)NC(=O)C2(CCOCC2)NC(=O)[C@@H](NC(=O)[C@@H](CC(C)C)NC(=O)[C@H](CCCN=C(N)N)NC(=O)[C@@H]2C[C@@H](O)CN2C(=O)CCc2c[nH]c3ccc(Cl)cc23)CSCc2cccc(n2)CSC[C@@H](C(N)=O)NC1=O. The van der Waals surface area contributed by atoms with E-state index >= 15 is 4.79 Å². The number of ether oxygens (including phenoxy) is 1. The van der Waals surface area contributed by atoms with E-state index in [0.717, 1.165) is 16.5 Å². The van der Waals surface area contributed by atoms with Crippen LogP contribution in [0.1, 0.15) is 116 Å². The van der Waals surface area contributed by atoms with Crippen LogP contribution in [0, 0.1) is 17.8 Å². The Kier molecular flexibility index (Phi) is 26.4. The van der Waals surface area contributed by atoms with Crippen LogP contribution in [0.4, 0.5) is 0 Å². The Morgan fingerprint density at radius 1 is 0.885 bits per heavy atom. The molecule has 0 saturated carbocycles. The number of pyridine rings is 1. The quantitative estimate of drug-likeness (QED) is 0.0434. The van der Waals surface area contributed by atoms with Crippen molar-refractivity contribution in [1.82, 2.24) is 52.1 Å². The highest BCUT2D eigenvalue weighted by atomic mass is 35.5. The monoisotopic (exact) mass is 1270 g/mol. The van der Waals surface area contributed by atoms with E-state index in [2.05, 4.69) is 47.2 Å². The maximum atomic E-state index is 15.0. The number of thioether (sulfide) groups is 2. The second-order valence-corrected chi connectivity index (χ2v) is 26.0. The summed E-state index contributed by atoms with van der Waals surface area (Å²) < 4.78 is 5.69. The van der Waals surface area contributed by atoms with Crippen LogP contribution in [0.25, 0.3) is 10.9 Å². The molecule has 87 heavy (non-hydrogen) atoms. The number of aliphatic imine (C=N–C) groups is 1. The zero-order valence-corrected chi connectivity index (χ0v) is 52.8. The van der Waals surface area contributed by atoms with Crippen LogP contribution in [0.15, 0.2) is 47.6 Å². The summed E-state index contributed by atoms with van der Waals surface area (Å²) >= 11 is 8.85. The molecule has 2 fully saturated rings. The highest BCUT2D eigenvalue weighted by Gasteiger charge is 2.46. The Hall–Kier alpha value is -6.68. The molecular weight excluding hydrogens is 1180 g/mol. The van der Waals surface area contributed by atoms with Gasteiger partial charge in [0.2, 0.25) is 53.2 Å². The molecule has 2 saturated heterocycles. The number of primary amides is 1. The topological polar surface area (TPSA) is 390 Å². The van der Waals surface area contributed by atoms with Gasteiger partial charge < -0.3 is 74.1 Å². The molecule has 0 unspecified atom stereocenters. The number of nitrogens with two attached hydrogens (primary N) is 3. The number of guanidine groups is 1. The molecule has 6 rings (SSSR count). The lowest BCUT2D eigenvalue weighted by atomic mass is 9.87. The molecule has 0 radical (unpaired) electrons. The number of β-amino-alcohol motifs (C(OH)–C–C–N with tert-alkyl or cyclic N) is 1. The molecule has 2 aromatic heterocycles. The fourth-order valence-corrected chi connectivity index (χ4v) is 12.8. The zero-order valence-electron chi connectivity index (χ0n) is 50.4. The number of carbonyl (C=O) groups excluding carboxylic acids is 9. The van der Waals surface area contributed by atoms with E-state index in [9.17, 15) is 43.5 Å². The summed E-state index contributed by atoms with van der Waals surface area (Å²) in [4.78, 5) is 142. The zero-order chi connectivity index (χ0) is 63.5. The van der Waals surface area contributed by atoms with E-state index in [-0.39, 0.29) is 119 Å². The largest absolute Gasteiger partial charge is 0.391 e. The van der Waals surface area contributed by atoms with Crippen molar-refractivity contribution in [2.45, 2.75) is 171 Å². The first-order valence-corrected chi connectivity index (χ1v) is 32.5. The smallest absolute Gasteiger partial charge is 0.246 e. The Morgan fingerprint density at radius 2 is 1.59 bits per heavy atom. The van der Waals surface area contributed by atoms with Crippen LogP contribution in [0.3, 0.4) is 0 Å². The number of fused-ring (bicyclic) bond motifs is 3. The number of aliphatic hydroxyl groups excluding tert-OH is 1. The number of hydrogen-bond donors (Lipinski definition) is 12. The van der Waals surface area contributed by atoms with E-state index in [4.69, 9.17) is 38.5 Å². The fraction of sp³-hybridized carbons (Fsp3) is 0.610. The van der Waals surface area contributed by atoms with Gasteiger partial charge in [-0.3, -0.25) is 53.1 Å². The summed E-state index contributed by atoms with van der Waals surface area (Å²) in [6.07, 6.45) is 1.86. The van der Waals surface area contributed by atoms with Crippen LogP contribution < -0.4 is 54.4 Å². The number of likely N-dealkylation sites (tertiary alicyclic amines) is 1.